The first-order valence-electron chi connectivity index (χ1n) is 8.66. The highest BCUT2D eigenvalue weighted by molar-refractivity contribution is 7.89. The molecule has 2 aliphatic heterocycles. The largest absolute Gasteiger partial charge is 0.481 e. The van der Waals surface area contributed by atoms with E-state index in [1.165, 1.54) is 4.31 Å². The molecule has 8 nitrogen and oxygen atoms in total. The molecule has 1 atom stereocenters. The third-order valence-electron chi connectivity index (χ3n) is 4.95. The summed E-state index contributed by atoms with van der Waals surface area (Å²) in [5.41, 5.74) is 0. The molecular formula is C17H24ClN3O5S. The molecule has 27 heavy (non-hydrogen) atoms. The van der Waals surface area contributed by atoms with Crippen molar-refractivity contribution in [3.8, 4) is 0 Å². The molecule has 3 rings (SSSR count). The predicted octanol–water partition coefficient (Wildman–Crippen LogP) is 0.348. The van der Waals surface area contributed by atoms with Crippen molar-refractivity contribution >= 4 is 34.3 Å². The predicted molar refractivity (Wildman–Crippen MR) is 101 cm³/mol. The molecule has 0 saturated carbocycles. The van der Waals surface area contributed by atoms with Gasteiger partial charge in [0.1, 0.15) is 0 Å². The maximum atomic E-state index is 12.6. The smallest absolute Gasteiger partial charge is 0.307 e. The quantitative estimate of drug-likeness (QED) is 0.742. The van der Waals surface area contributed by atoms with E-state index < -0.39 is 21.9 Å². The average molecular weight is 418 g/mol. The van der Waals surface area contributed by atoms with Crippen LogP contribution < -0.4 is 0 Å². The van der Waals surface area contributed by atoms with Gasteiger partial charge in [-0.15, -0.1) is 12.4 Å². The van der Waals surface area contributed by atoms with Crippen LogP contribution in [0.1, 0.15) is 6.42 Å². The minimum Gasteiger partial charge on any atom is -0.481 e. The number of carbonyl (C=O) groups is 2. The Kier molecular flexibility index (Phi) is 7.21. The van der Waals surface area contributed by atoms with Crippen LogP contribution in [-0.2, 0) is 19.6 Å². The number of carbonyl (C=O) groups excluding carboxylic acids is 1. The van der Waals surface area contributed by atoms with Crippen molar-refractivity contribution in [2.45, 2.75) is 11.3 Å². The number of carboxylic acids is 1. The minimum absolute atomic E-state index is 0. The van der Waals surface area contributed by atoms with Gasteiger partial charge in [-0.1, -0.05) is 18.2 Å². The van der Waals surface area contributed by atoms with Gasteiger partial charge in [-0.05, 0) is 25.1 Å². The molecule has 2 fully saturated rings. The van der Waals surface area contributed by atoms with Gasteiger partial charge in [0.15, 0.2) is 0 Å². The number of likely N-dealkylation sites (tertiary alicyclic amines) is 1. The van der Waals surface area contributed by atoms with E-state index in [2.05, 4.69) is 0 Å². The van der Waals surface area contributed by atoms with Gasteiger partial charge in [-0.25, -0.2) is 8.42 Å². The SMILES string of the molecule is Cl.O=C(O)C1CCN(CC(=O)N2CCN(S(=O)(=O)c3ccccc3)CC2)C1. The van der Waals surface area contributed by atoms with Crippen LogP contribution >= 0.6 is 12.4 Å². The molecule has 0 aromatic heterocycles. The lowest BCUT2D eigenvalue weighted by Gasteiger charge is -2.34. The second-order valence-corrected chi connectivity index (χ2v) is 8.59. The zero-order valence-corrected chi connectivity index (χ0v) is 16.5. The first-order valence-corrected chi connectivity index (χ1v) is 10.1. The van der Waals surface area contributed by atoms with Crippen molar-refractivity contribution in [2.75, 3.05) is 45.8 Å². The third-order valence-corrected chi connectivity index (χ3v) is 6.87. The van der Waals surface area contributed by atoms with Crippen LogP contribution in [0.5, 0.6) is 0 Å². The Morgan fingerprint density at radius 1 is 1.04 bits per heavy atom. The molecule has 1 aromatic rings. The van der Waals surface area contributed by atoms with Gasteiger partial charge in [0.2, 0.25) is 15.9 Å². The molecule has 1 N–H and O–H groups in total. The number of benzene rings is 1. The fourth-order valence-corrected chi connectivity index (χ4v) is 4.83. The summed E-state index contributed by atoms with van der Waals surface area (Å²) in [4.78, 5) is 27.2. The van der Waals surface area contributed by atoms with Gasteiger partial charge >= 0.3 is 5.97 Å². The number of piperazine rings is 1. The summed E-state index contributed by atoms with van der Waals surface area (Å²) in [7, 11) is -3.53. The number of carboxylic acid groups (broad SMARTS) is 1. The van der Waals surface area contributed by atoms with Crippen molar-refractivity contribution in [3.63, 3.8) is 0 Å². The first kappa shape index (κ1) is 21.6. The second-order valence-electron chi connectivity index (χ2n) is 6.66. The number of sulfonamides is 1. The molecule has 2 aliphatic rings. The average Bonchev–Trinajstić information content (AvgIpc) is 3.11. The molecule has 0 spiro atoms. The molecular weight excluding hydrogens is 394 g/mol. The fraction of sp³-hybridized carbons (Fsp3) is 0.529. The van der Waals surface area contributed by atoms with Gasteiger partial charge in [0, 0.05) is 32.7 Å². The lowest BCUT2D eigenvalue weighted by Crippen LogP contribution is -2.52. The van der Waals surface area contributed by atoms with Crippen LogP contribution in [0.15, 0.2) is 35.2 Å². The Balaban J connectivity index is 0.00000261. The van der Waals surface area contributed by atoms with Crippen molar-refractivity contribution in [1.29, 1.82) is 0 Å². The van der Waals surface area contributed by atoms with Gasteiger partial charge in [0.05, 0.1) is 17.4 Å². The molecule has 2 saturated heterocycles. The van der Waals surface area contributed by atoms with Crippen molar-refractivity contribution in [2.24, 2.45) is 5.92 Å². The van der Waals surface area contributed by atoms with Crippen molar-refractivity contribution in [1.82, 2.24) is 14.1 Å². The number of nitrogens with zero attached hydrogens (tertiary/aromatic N) is 3. The molecule has 1 amide bonds. The number of hydrogen-bond donors (Lipinski definition) is 1. The topological polar surface area (TPSA) is 98.2 Å². The summed E-state index contributed by atoms with van der Waals surface area (Å²) in [6.45, 7) is 2.41. The van der Waals surface area contributed by atoms with E-state index in [0.29, 0.717) is 32.6 Å². The summed E-state index contributed by atoms with van der Waals surface area (Å²) in [6.07, 6.45) is 0.561. The maximum absolute atomic E-state index is 12.6. The van der Waals surface area contributed by atoms with Crippen LogP contribution in [0.3, 0.4) is 0 Å². The molecule has 1 unspecified atom stereocenters. The highest BCUT2D eigenvalue weighted by Gasteiger charge is 2.33. The molecule has 1 aromatic carbocycles. The Morgan fingerprint density at radius 3 is 2.22 bits per heavy atom. The van der Waals surface area contributed by atoms with E-state index in [1.807, 2.05) is 4.90 Å². The number of rotatable bonds is 5. The van der Waals surface area contributed by atoms with Crippen LogP contribution in [0.2, 0.25) is 0 Å². The molecule has 150 valence electrons. The highest BCUT2D eigenvalue weighted by atomic mass is 35.5. The minimum atomic E-state index is -3.53. The normalized spacial score (nSPS) is 21.6. The Hall–Kier alpha value is -1.68. The van der Waals surface area contributed by atoms with Crippen LogP contribution in [-0.4, -0.2) is 85.3 Å². The summed E-state index contributed by atoms with van der Waals surface area (Å²) < 4.78 is 26.6. The Bertz CT molecular complexity index is 766. The summed E-state index contributed by atoms with van der Waals surface area (Å²) in [5, 5.41) is 9.03. The number of hydrogen-bond acceptors (Lipinski definition) is 5. The van der Waals surface area contributed by atoms with Crippen LogP contribution in [0, 0.1) is 5.92 Å². The van der Waals surface area contributed by atoms with E-state index in [9.17, 15) is 18.0 Å². The monoisotopic (exact) mass is 417 g/mol. The lowest BCUT2D eigenvalue weighted by molar-refractivity contribution is -0.141. The van der Waals surface area contributed by atoms with Gasteiger partial charge in [-0.3, -0.25) is 14.5 Å². The van der Waals surface area contributed by atoms with Gasteiger partial charge in [0.25, 0.3) is 0 Å². The van der Waals surface area contributed by atoms with E-state index in [1.54, 1.807) is 35.2 Å². The number of amides is 1. The zero-order chi connectivity index (χ0) is 18.7. The Morgan fingerprint density at radius 2 is 1.67 bits per heavy atom. The van der Waals surface area contributed by atoms with Crippen LogP contribution in [0.4, 0.5) is 0 Å². The summed E-state index contributed by atoms with van der Waals surface area (Å²) >= 11 is 0. The van der Waals surface area contributed by atoms with Gasteiger partial charge < -0.3 is 10.0 Å². The van der Waals surface area contributed by atoms with E-state index in [0.717, 1.165) is 0 Å². The Labute approximate surface area is 165 Å². The lowest BCUT2D eigenvalue weighted by atomic mass is 10.1. The molecule has 0 radical (unpaired) electrons. The van der Waals surface area contributed by atoms with E-state index in [-0.39, 0.29) is 42.8 Å². The summed E-state index contributed by atoms with van der Waals surface area (Å²) in [6, 6.07) is 8.28. The number of halogens is 1. The summed E-state index contributed by atoms with van der Waals surface area (Å²) in [5.74, 6) is -1.30. The maximum Gasteiger partial charge on any atom is 0.307 e. The highest BCUT2D eigenvalue weighted by Crippen LogP contribution is 2.19. The molecule has 0 aliphatic carbocycles. The van der Waals surface area contributed by atoms with E-state index in [4.69, 9.17) is 5.11 Å². The zero-order valence-electron chi connectivity index (χ0n) is 14.9. The molecule has 2 heterocycles. The van der Waals surface area contributed by atoms with Crippen molar-refractivity contribution < 1.29 is 23.1 Å². The van der Waals surface area contributed by atoms with E-state index >= 15 is 0 Å². The molecule has 10 heteroatoms. The van der Waals surface area contributed by atoms with Crippen LogP contribution in [0.25, 0.3) is 0 Å². The standard InChI is InChI=1S/C17H23N3O5S.ClH/c21-16(13-18-7-6-14(12-18)17(22)23)19-8-10-20(11-9-19)26(24,25)15-4-2-1-3-5-15;/h1-5,14H,6-13H2,(H,22,23);1H. The van der Waals surface area contributed by atoms with Crippen molar-refractivity contribution in [3.05, 3.63) is 30.3 Å². The third kappa shape index (κ3) is 4.98. The second kappa shape index (κ2) is 9.01. The number of aliphatic carboxylic acids is 1. The first-order chi connectivity index (χ1) is 12.4. The van der Waals surface area contributed by atoms with Gasteiger partial charge in [-0.2, -0.15) is 4.31 Å². The molecule has 0 bridgehead atoms. The fourth-order valence-electron chi connectivity index (χ4n) is 3.39.